The van der Waals surface area contributed by atoms with Crippen LogP contribution in [-0.4, -0.2) is 51.5 Å². The van der Waals surface area contributed by atoms with E-state index in [1.807, 2.05) is 0 Å². The van der Waals surface area contributed by atoms with Crippen molar-refractivity contribution in [3.63, 3.8) is 0 Å². The number of pyridine rings is 2. The van der Waals surface area contributed by atoms with Gasteiger partial charge in [0.25, 0.3) is 11.5 Å². The molecule has 9 heteroatoms. The number of rotatable bonds is 6. The first-order chi connectivity index (χ1) is 15.7. The highest BCUT2D eigenvalue weighted by Gasteiger charge is 2.27. The van der Waals surface area contributed by atoms with Gasteiger partial charge in [0.1, 0.15) is 23.4 Å². The maximum atomic E-state index is 13.3. The van der Waals surface area contributed by atoms with Crippen molar-refractivity contribution in [1.29, 1.82) is 0 Å². The number of fused-ring (bicyclic) bond motifs is 1. The standard InChI is InChI=1S/C24H25FN4O4/c1-28(2)19(30)13-29-18-11-15(10-14-6-8-16(25)9-7-14)12-26-21(18)22(31)20(24(29)33)23(32)27-17-4-3-5-17/h6-9,11-12,17,31H,3-5,10,13H2,1-2H3,(H,27,32). The zero-order chi connectivity index (χ0) is 23.7. The fourth-order valence-corrected chi connectivity index (χ4v) is 3.73. The number of nitrogens with one attached hydrogen (secondary N) is 1. The van der Waals surface area contributed by atoms with Crippen LogP contribution in [0.15, 0.2) is 41.3 Å². The smallest absolute Gasteiger partial charge is 0.268 e. The summed E-state index contributed by atoms with van der Waals surface area (Å²) in [6.07, 6.45) is 4.57. The van der Waals surface area contributed by atoms with Crippen LogP contribution in [0, 0.1) is 5.82 Å². The first kappa shape index (κ1) is 22.4. The van der Waals surface area contributed by atoms with Gasteiger partial charge in [-0.2, -0.15) is 0 Å². The molecule has 0 saturated heterocycles. The molecule has 0 unspecified atom stereocenters. The lowest BCUT2D eigenvalue weighted by atomic mass is 9.93. The molecule has 2 N–H and O–H groups in total. The van der Waals surface area contributed by atoms with Crippen molar-refractivity contribution in [2.45, 2.75) is 38.3 Å². The lowest BCUT2D eigenvalue weighted by molar-refractivity contribution is -0.129. The molecule has 0 atom stereocenters. The van der Waals surface area contributed by atoms with Gasteiger partial charge in [-0.25, -0.2) is 4.39 Å². The largest absolute Gasteiger partial charge is 0.505 e. The Hall–Kier alpha value is -3.75. The number of carbonyl (C=O) groups is 2. The molecular formula is C24H25FN4O4. The lowest BCUT2D eigenvalue weighted by Crippen LogP contribution is -2.43. The maximum absolute atomic E-state index is 13.3. The number of hydrogen-bond acceptors (Lipinski definition) is 5. The van der Waals surface area contributed by atoms with Crippen molar-refractivity contribution >= 4 is 22.8 Å². The highest BCUT2D eigenvalue weighted by Crippen LogP contribution is 2.27. The number of amides is 2. The van der Waals surface area contributed by atoms with Crippen molar-refractivity contribution in [3.05, 3.63) is 69.4 Å². The number of benzene rings is 1. The van der Waals surface area contributed by atoms with Gasteiger partial charge in [0.2, 0.25) is 5.91 Å². The summed E-state index contributed by atoms with van der Waals surface area (Å²) in [7, 11) is 3.14. The van der Waals surface area contributed by atoms with Gasteiger partial charge in [0.05, 0.1) is 5.52 Å². The monoisotopic (exact) mass is 452 g/mol. The summed E-state index contributed by atoms with van der Waals surface area (Å²) in [6.45, 7) is -0.312. The summed E-state index contributed by atoms with van der Waals surface area (Å²) in [5.74, 6) is -1.87. The van der Waals surface area contributed by atoms with E-state index in [4.69, 9.17) is 0 Å². The highest BCUT2D eigenvalue weighted by molar-refractivity contribution is 6.01. The number of likely N-dealkylation sites (N-methyl/N-ethyl adjacent to an activating group) is 1. The molecule has 0 aliphatic heterocycles. The predicted molar refractivity (Wildman–Crippen MR) is 121 cm³/mol. The molecule has 1 aliphatic rings. The second-order valence-corrected chi connectivity index (χ2v) is 8.52. The van der Waals surface area contributed by atoms with Crippen molar-refractivity contribution in [1.82, 2.24) is 19.8 Å². The second-order valence-electron chi connectivity index (χ2n) is 8.52. The van der Waals surface area contributed by atoms with Gasteiger partial charge in [0.15, 0.2) is 5.75 Å². The van der Waals surface area contributed by atoms with Gasteiger partial charge in [0, 0.05) is 26.3 Å². The van der Waals surface area contributed by atoms with E-state index in [0.717, 1.165) is 24.8 Å². The fraction of sp³-hybridized carbons (Fsp3) is 0.333. The normalized spacial score (nSPS) is 13.5. The Balaban J connectivity index is 1.82. The molecule has 0 spiro atoms. The van der Waals surface area contributed by atoms with Crippen LogP contribution in [0.5, 0.6) is 5.75 Å². The van der Waals surface area contributed by atoms with Crippen LogP contribution < -0.4 is 10.9 Å². The number of carbonyl (C=O) groups excluding carboxylic acids is 2. The quantitative estimate of drug-likeness (QED) is 0.597. The van der Waals surface area contributed by atoms with Gasteiger partial charge in [-0.05, 0) is 55.0 Å². The molecule has 1 fully saturated rings. The van der Waals surface area contributed by atoms with E-state index in [-0.39, 0.29) is 35.3 Å². The van der Waals surface area contributed by atoms with Crippen molar-refractivity contribution in [2.24, 2.45) is 0 Å². The van der Waals surface area contributed by atoms with Gasteiger partial charge < -0.3 is 15.3 Å². The van der Waals surface area contributed by atoms with Crippen molar-refractivity contribution in [2.75, 3.05) is 14.1 Å². The molecule has 172 valence electrons. The predicted octanol–water partition coefficient (Wildman–Crippen LogP) is 2.20. The summed E-state index contributed by atoms with van der Waals surface area (Å²) in [5.41, 5.74) is 0.657. The molecule has 2 heterocycles. The van der Waals surface area contributed by atoms with Crippen LogP contribution in [0.25, 0.3) is 11.0 Å². The summed E-state index contributed by atoms with van der Waals surface area (Å²) in [6, 6.07) is 7.63. The summed E-state index contributed by atoms with van der Waals surface area (Å²) in [4.78, 5) is 44.2. The maximum Gasteiger partial charge on any atom is 0.268 e. The van der Waals surface area contributed by atoms with E-state index in [9.17, 15) is 23.9 Å². The van der Waals surface area contributed by atoms with E-state index in [1.165, 1.54) is 27.8 Å². The van der Waals surface area contributed by atoms with Crippen LogP contribution >= 0.6 is 0 Å². The number of hydrogen-bond donors (Lipinski definition) is 2. The molecule has 0 bridgehead atoms. The topological polar surface area (TPSA) is 105 Å². The molecule has 0 radical (unpaired) electrons. The first-order valence-corrected chi connectivity index (χ1v) is 10.7. The zero-order valence-electron chi connectivity index (χ0n) is 18.5. The lowest BCUT2D eigenvalue weighted by Gasteiger charge is -2.26. The van der Waals surface area contributed by atoms with E-state index in [0.29, 0.717) is 12.0 Å². The SMILES string of the molecule is CN(C)C(=O)Cn1c(=O)c(C(=O)NC2CCC2)c(O)c2ncc(Cc3ccc(F)cc3)cc21. The third kappa shape index (κ3) is 4.57. The van der Waals surface area contributed by atoms with E-state index < -0.39 is 22.8 Å². The molecule has 1 aromatic carbocycles. The molecular weight excluding hydrogens is 427 g/mol. The van der Waals surface area contributed by atoms with Crippen LogP contribution in [0.4, 0.5) is 4.39 Å². The Labute approximate surface area is 189 Å². The summed E-state index contributed by atoms with van der Waals surface area (Å²) >= 11 is 0. The number of halogens is 1. The number of nitrogens with zero attached hydrogens (tertiary/aromatic N) is 3. The van der Waals surface area contributed by atoms with Crippen molar-refractivity contribution < 1.29 is 19.1 Å². The fourth-order valence-electron chi connectivity index (χ4n) is 3.73. The molecule has 2 aromatic heterocycles. The third-order valence-electron chi connectivity index (χ3n) is 5.92. The van der Waals surface area contributed by atoms with Gasteiger partial charge in [-0.1, -0.05) is 12.1 Å². The molecule has 4 rings (SSSR count). The third-order valence-corrected chi connectivity index (χ3v) is 5.92. The zero-order valence-corrected chi connectivity index (χ0v) is 18.5. The Morgan fingerprint density at radius 2 is 1.91 bits per heavy atom. The number of aromatic nitrogens is 2. The Morgan fingerprint density at radius 3 is 2.52 bits per heavy atom. The number of aromatic hydroxyl groups is 1. The molecule has 3 aromatic rings. The Kier molecular flexibility index (Phi) is 6.13. The van der Waals surface area contributed by atoms with Crippen LogP contribution in [0.3, 0.4) is 0 Å². The van der Waals surface area contributed by atoms with Crippen molar-refractivity contribution in [3.8, 4) is 5.75 Å². The molecule has 8 nitrogen and oxygen atoms in total. The minimum Gasteiger partial charge on any atom is -0.505 e. The van der Waals surface area contributed by atoms with Gasteiger partial charge in [-0.3, -0.25) is 23.9 Å². The molecule has 33 heavy (non-hydrogen) atoms. The minimum atomic E-state index is -0.757. The van der Waals surface area contributed by atoms with Gasteiger partial charge in [-0.15, -0.1) is 0 Å². The molecule has 1 saturated carbocycles. The second kappa shape index (κ2) is 9.01. The minimum absolute atomic E-state index is 0.0325. The van der Waals surface area contributed by atoms with E-state index in [1.54, 1.807) is 32.3 Å². The summed E-state index contributed by atoms with van der Waals surface area (Å²) in [5, 5.41) is 13.6. The van der Waals surface area contributed by atoms with Crippen LogP contribution in [0.2, 0.25) is 0 Å². The average Bonchev–Trinajstić information content (AvgIpc) is 2.75. The van der Waals surface area contributed by atoms with Gasteiger partial charge >= 0.3 is 0 Å². The highest BCUT2D eigenvalue weighted by atomic mass is 19.1. The Bertz CT molecular complexity index is 1280. The van der Waals surface area contributed by atoms with E-state index in [2.05, 4.69) is 10.3 Å². The molecule has 2 amide bonds. The van der Waals surface area contributed by atoms with E-state index >= 15 is 0 Å². The summed E-state index contributed by atoms with van der Waals surface area (Å²) < 4.78 is 14.4. The van der Waals surface area contributed by atoms with Crippen LogP contribution in [-0.2, 0) is 17.8 Å². The Morgan fingerprint density at radius 1 is 1.21 bits per heavy atom. The molecule has 1 aliphatic carbocycles. The average molecular weight is 452 g/mol. The first-order valence-electron chi connectivity index (χ1n) is 10.7. The van der Waals surface area contributed by atoms with Crippen LogP contribution in [0.1, 0.15) is 40.7 Å².